The Balaban J connectivity index is 1.80. The van der Waals surface area contributed by atoms with Crippen molar-refractivity contribution in [3.63, 3.8) is 0 Å². The van der Waals surface area contributed by atoms with Crippen LogP contribution in [0.4, 0.5) is 0 Å². The van der Waals surface area contributed by atoms with Crippen LogP contribution in [-0.4, -0.2) is 22.8 Å². The summed E-state index contributed by atoms with van der Waals surface area (Å²) in [4.78, 5) is 29.0. The number of esters is 1. The van der Waals surface area contributed by atoms with Crippen LogP contribution in [0.2, 0.25) is 5.02 Å². The van der Waals surface area contributed by atoms with Crippen molar-refractivity contribution in [2.24, 2.45) is 0 Å². The average Bonchev–Trinajstić information content (AvgIpc) is 2.92. The minimum absolute atomic E-state index is 0.0156. The fourth-order valence-electron chi connectivity index (χ4n) is 2.59. The Morgan fingerprint density at radius 1 is 1.39 bits per heavy atom. The van der Waals surface area contributed by atoms with Crippen LogP contribution in [0.15, 0.2) is 24.3 Å². The fraction of sp³-hybridized carbons (Fsp3) is 0.353. The van der Waals surface area contributed by atoms with Gasteiger partial charge in [-0.1, -0.05) is 23.7 Å². The molecule has 0 spiro atoms. The Bertz CT molecular complexity index is 756. The van der Waals surface area contributed by atoms with Gasteiger partial charge in [0.25, 0.3) is 0 Å². The summed E-state index contributed by atoms with van der Waals surface area (Å²) < 4.78 is 5.40. The van der Waals surface area contributed by atoms with Crippen LogP contribution >= 0.6 is 22.9 Å². The zero-order valence-corrected chi connectivity index (χ0v) is 14.2. The SMILES string of the molecule is Cc1nc(-c2cccc(Cl)c2)sc1C(=O)O[C@@H]1CCCCC1=O. The van der Waals surface area contributed by atoms with Crippen LogP contribution in [0.25, 0.3) is 10.6 Å². The fourth-order valence-corrected chi connectivity index (χ4v) is 3.72. The number of aromatic nitrogens is 1. The molecule has 0 saturated heterocycles. The van der Waals surface area contributed by atoms with Crippen LogP contribution in [0.1, 0.15) is 41.0 Å². The van der Waals surface area contributed by atoms with Crippen molar-refractivity contribution in [3.05, 3.63) is 39.9 Å². The minimum atomic E-state index is -0.604. The maximum atomic E-state index is 12.4. The number of ketones is 1. The van der Waals surface area contributed by atoms with Crippen molar-refractivity contribution in [3.8, 4) is 10.6 Å². The first-order valence-corrected chi connectivity index (χ1v) is 8.71. The molecule has 1 fully saturated rings. The van der Waals surface area contributed by atoms with E-state index in [0.717, 1.165) is 18.4 Å². The Kier molecular flexibility index (Phi) is 4.78. The van der Waals surface area contributed by atoms with Gasteiger partial charge in [-0.3, -0.25) is 4.79 Å². The molecule has 0 radical (unpaired) electrons. The molecule has 1 heterocycles. The number of benzene rings is 1. The molecule has 4 nitrogen and oxygen atoms in total. The molecule has 3 rings (SSSR count). The Morgan fingerprint density at radius 2 is 2.22 bits per heavy atom. The predicted octanol–water partition coefficient (Wildman–Crippen LogP) is 4.44. The molecule has 0 amide bonds. The molecular formula is C17H16ClNO3S. The van der Waals surface area contributed by atoms with Gasteiger partial charge in [-0.15, -0.1) is 11.3 Å². The number of rotatable bonds is 3. The van der Waals surface area contributed by atoms with E-state index in [1.165, 1.54) is 11.3 Å². The molecule has 1 aliphatic rings. The topological polar surface area (TPSA) is 56.3 Å². The van der Waals surface area contributed by atoms with Crippen LogP contribution in [-0.2, 0) is 9.53 Å². The smallest absolute Gasteiger partial charge is 0.350 e. The van der Waals surface area contributed by atoms with Crippen LogP contribution < -0.4 is 0 Å². The van der Waals surface area contributed by atoms with Crippen LogP contribution in [0.3, 0.4) is 0 Å². The molecule has 1 atom stereocenters. The first-order valence-electron chi connectivity index (χ1n) is 7.51. The van der Waals surface area contributed by atoms with Crippen LogP contribution in [0.5, 0.6) is 0 Å². The lowest BCUT2D eigenvalue weighted by Gasteiger charge is -2.20. The van der Waals surface area contributed by atoms with Crippen LogP contribution in [0, 0.1) is 6.92 Å². The highest BCUT2D eigenvalue weighted by molar-refractivity contribution is 7.17. The standard InChI is InChI=1S/C17H16ClNO3S/c1-10-15(17(21)22-14-8-3-2-7-13(14)20)23-16(19-10)11-5-4-6-12(18)9-11/h4-6,9,14H,2-3,7-8H2,1H3/t14-/m1/s1. The number of aryl methyl sites for hydroxylation is 1. The Morgan fingerprint density at radius 3 is 2.96 bits per heavy atom. The van der Waals surface area contributed by atoms with E-state index in [4.69, 9.17) is 16.3 Å². The average molecular weight is 350 g/mol. The lowest BCUT2D eigenvalue weighted by Crippen LogP contribution is -2.30. The van der Waals surface area contributed by atoms with Gasteiger partial charge in [0.2, 0.25) is 0 Å². The molecule has 0 unspecified atom stereocenters. The molecular weight excluding hydrogens is 334 g/mol. The third kappa shape index (κ3) is 3.62. The van der Waals surface area contributed by atoms with Gasteiger partial charge < -0.3 is 4.74 Å². The molecule has 2 aromatic rings. The molecule has 120 valence electrons. The monoisotopic (exact) mass is 349 g/mol. The molecule has 23 heavy (non-hydrogen) atoms. The number of thiazole rings is 1. The highest BCUT2D eigenvalue weighted by Gasteiger charge is 2.28. The second-order valence-corrected chi connectivity index (χ2v) is 6.99. The third-order valence-electron chi connectivity index (χ3n) is 3.80. The maximum Gasteiger partial charge on any atom is 0.350 e. The van der Waals surface area contributed by atoms with E-state index in [-0.39, 0.29) is 5.78 Å². The molecule has 1 aliphatic carbocycles. The summed E-state index contributed by atoms with van der Waals surface area (Å²) in [6, 6.07) is 7.33. The van der Waals surface area contributed by atoms with E-state index in [2.05, 4.69) is 4.98 Å². The summed E-state index contributed by atoms with van der Waals surface area (Å²) in [6.45, 7) is 1.77. The number of carbonyl (C=O) groups is 2. The summed E-state index contributed by atoms with van der Waals surface area (Å²) in [6.07, 6.45) is 2.30. The van der Waals surface area contributed by atoms with Gasteiger partial charge >= 0.3 is 5.97 Å². The van der Waals surface area contributed by atoms with E-state index < -0.39 is 12.1 Å². The molecule has 1 saturated carbocycles. The Hall–Kier alpha value is -1.72. The number of halogens is 1. The maximum absolute atomic E-state index is 12.4. The van der Waals surface area contributed by atoms with E-state index in [9.17, 15) is 9.59 Å². The van der Waals surface area contributed by atoms with Crippen molar-refractivity contribution < 1.29 is 14.3 Å². The molecule has 0 bridgehead atoms. The largest absolute Gasteiger partial charge is 0.450 e. The zero-order valence-electron chi connectivity index (χ0n) is 12.7. The van der Waals surface area contributed by atoms with Crippen molar-refractivity contribution in [1.82, 2.24) is 4.98 Å². The van der Waals surface area contributed by atoms with Gasteiger partial charge in [-0.05, 0) is 38.3 Å². The van der Waals surface area contributed by atoms with E-state index >= 15 is 0 Å². The number of carbonyl (C=O) groups excluding carboxylic acids is 2. The molecule has 0 N–H and O–H groups in total. The first-order chi connectivity index (χ1) is 11.0. The van der Waals surface area contributed by atoms with Gasteiger partial charge in [0.05, 0.1) is 5.69 Å². The highest BCUT2D eigenvalue weighted by atomic mass is 35.5. The number of nitrogens with zero attached hydrogens (tertiary/aromatic N) is 1. The quantitative estimate of drug-likeness (QED) is 0.768. The first kappa shape index (κ1) is 16.1. The second kappa shape index (κ2) is 6.81. The van der Waals surface area contributed by atoms with Gasteiger partial charge in [0.1, 0.15) is 9.88 Å². The Labute approximate surface area is 143 Å². The summed E-state index contributed by atoms with van der Waals surface area (Å²) >= 11 is 7.26. The lowest BCUT2D eigenvalue weighted by atomic mass is 9.96. The number of hydrogen-bond donors (Lipinski definition) is 0. The van der Waals surface area contributed by atoms with Crippen molar-refractivity contribution in [1.29, 1.82) is 0 Å². The van der Waals surface area contributed by atoms with E-state index in [1.54, 1.807) is 19.1 Å². The number of ether oxygens (including phenoxy) is 1. The normalized spacial score (nSPS) is 18.0. The third-order valence-corrected chi connectivity index (χ3v) is 5.22. The van der Waals surface area contributed by atoms with Gasteiger partial charge in [-0.2, -0.15) is 0 Å². The van der Waals surface area contributed by atoms with Crippen molar-refractivity contribution >= 4 is 34.7 Å². The molecule has 1 aromatic heterocycles. The molecule has 1 aromatic carbocycles. The summed E-state index contributed by atoms with van der Waals surface area (Å²) in [5.41, 5.74) is 1.47. The molecule has 6 heteroatoms. The van der Waals surface area contributed by atoms with Gasteiger partial charge in [0, 0.05) is 17.0 Å². The molecule has 0 aliphatic heterocycles. The second-order valence-electron chi connectivity index (χ2n) is 5.55. The van der Waals surface area contributed by atoms with Gasteiger partial charge in [-0.25, -0.2) is 9.78 Å². The summed E-state index contributed by atoms with van der Waals surface area (Å²) in [5, 5.41) is 1.33. The number of Topliss-reactive ketones (excluding diaryl/α,β-unsaturated/α-hetero) is 1. The minimum Gasteiger partial charge on any atom is -0.450 e. The zero-order chi connectivity index (χ0) is 16.4. The summed E-state index contributed by atoms with van der Waals surface area (Å²) in [5.74, 6) is -0.449. The predicted molar refractivity (Wildman–Crippen MR) is 90.0 cm³/mol. The highest BCUT2D eigenvalue weighted by Crippen LogP contribution is 2.30. The van der Waals surface area contributed by atoms with E-state index in [0.29, 0.717) is 33.4 Å². The lowest BCUT2D eigenvalue weighted by molar-refractivity contribution is -0.129. The van der Waals surface area contributed by atoms with E-state index in [1.807, 2.05) is 12.1 Å². The summed E-state index contributed by atoms with van der Waals surface area (Å²) in [7, 11) is 0. The van der Waals surface area contributed by atoms with Gasteiger partial charge in [0.15, 0.2) is 11.9 Å². The number of hydrogen-bond acceptors (Lipinski definition) is 5. The van der Waals surface area contributed by atoms with Crippen molar-refractivity contribution in [2.75, 3.05) is 0 Å². The van der Waals surface area contributed by atoms with Crippen molar-refractivity contribution in [2.45, 2.75) is 38.7 Å².